The van der Waals surface area contributed by atoms with Crippen LogP contribution in [0, 0.1) is 34.0 Å². The molecule has 8 atom stereocenters. The molecule has 7 heteroatoms. The number of hydrogen-bond donors (Lipinski definition) is 1. The van der Waals surface area contributed by atoms with Crippen molar-refractivity contribution in [3.8, 4) is 0 Å². The highest BCUT2D eigenvalue weighted by Crippen LogP contribution is 2.68. The first-order valence-electron chi connectivity index (χ1n) is 15.7. The van der Waals surface area contributed by atoms with E-state index in [1.807, 2.05) is 13.0 Å². The number of halogens is 1. The molecule has 0 radical (unpaired) electrons. The first kappa shape index (κ1) is 34.6. The second-order valence-corrected chi connectivity index (χ2v) is 14.6. The van der Waals surface area contributed by atoms with Crippen LogP contribution in [0.4, 0.5) is 0 Å². The Bertz CT molecular complexity index is 1070. The molecule has 2 bridgehead atoms. The van der Waals surface area contributed by atoms with Crippen LogP contribution in [0.1, 0.15) is 98.8 Å². The number of carbonyl (C=O) groups is 2. The number of nitrogens with zero attached hydrogens (tertiary/aromatic N) is 1. The lowest BCUT2D eigenvalue weighted by Crippen LogP contribution is -3.00. The van der Waals surface area contributed by atoms with Gasteiger partial charge in [0.2, 0.25) is 0 Å². The number of aromatic nitrogens is 1. The average molecular weight is 698 g/mol. The summed E-state index contributed by atoms with van der Waals surface area (Å²) in [5.74, 6) is 0.264. The maximum Gasteiger partial charge on any atom is 0.316 e. The molecule has 3 aliphatic rings. The summed E-state index contributed by atoms with van der Waals surface area (Å²) in [5, 5.41) is 11.7. The van der Waals surface area contributed by atoms with Crippen molar-refractivity contribution >= 4 is 23.5 Å². The summed E-state index contributed by atoms with van der Waals surface area (Å²) in [6.45, 7) is 15.9. The number of thioether (sulfide) groups is 1. The Hall–Kier alpha value is -0.930. The molecule has 1 heterocycles. The first-order chi connectivity index (χ1) is 19.0. The van der Waals surface area contributed by atoms with Crippen molar-refractivity contribution in [1.29, 1.82) is 0 Å². The molecule has 41 heavy (non-hydrogen) atoms. The molecular formula is C34H52INO4S. The molecule has 0 spiro atoms. The number of aliphatic hydroxyl groups is 1. The van der Waals surface area contributed by atoms with Crippen LogP contribution in [-0.2, 0) is 20.9 Å². The standard InChI is InChI=1S/C34H52NO4S.HI/c1-7-9-10-11-12-19-35-20-15-26(16-21-35)40-23-29(37)39-28-22-32(5,8-2)31(38)25(4)34-17-13-24(3)33(28,6)30(34)27(36)14-18-34;/h8,15-16,20-21,24-25,28,30-31,38H,2,7,9-14,17-19,22-23H2,1,3-6H3;1H/q+1;/p-1/t24-,25+,28-,30+,31+,32-,33+,34+;/m1./s1. The van der Waals surface area contributed by atoms with E-state index in [-0.39, 0.29) is 64.7 Å². The number of esters is 1. The molecule has 0 aromatic carbocycles. The van der Waals surface area contributed by atoms with E-state index in [0.29, 0.717) is 12.8 Å². The number of aryl methyl sites for hydroxylation is 1. The van der Waals surface area contributed by atoms with E-state index in [1.165, 1.54) is 43.9 Å². The van der Waals surface area contributed by atoms with Crippen LogP contribution in [0.3, 0.4) is 0 Å². The Kier molecular flexibility index (Phi) is 12.0. The lowest BCUT2D eigenvalue weighted by atomic mass is 9.44. The van der Waals surface area contributed by atoms with Gasteiger partial charge >= 0.3 is 5.97 Å². The summed E-state index contributed by atoms with van der Waals surface area (Å²) in [6, 6.07) is 4.14. The zero-order valence-corrected chi connectivity index (χ0v) is 28.8. The summed E-state index contributed by atoms with van der Waals surface area (Å²) in [4.78, 5) is 28.0. The number of pyridine rings is 1. The van der Waals surface area contributed by atoms with Crippen LogP contribution in [0.5, 0.6) is 0 Å². The van der Waals surface area contributed by atoms with Gasteiger partial charge < -0.3 is 33.8 Å². The number of hydrogen-bond acceptors (Lipinski definition) is 5. The van der Waals surface area contributed by atoms with Crippen LogP contribution in [0.15, 0.2) is 42.1 Å². The van der Waals surface area contributed by atoms with Gasteiger partial charge in [0.25, 0.3) is 0 Å². The fraction of sp³-hybridized carbons (Fsp3) is 0.735. The third-order valence-corrected chi connectivity index (χ3v) is 12.3. The average Bonchev–Trinajstić information content (AvgIpc) is 3.30. The van der Waals surface area contributed by atoms with Crippen molar-refractivity contribution in [2.75, 3.05) is 5.75 Å². The van der Waals surface area contributed by atoms with Gasteiger partial charge in [0.15, 0.2) is 12.4 Å². The second-order valence-electron chi connectivity index (χ2n) is 13.5. The zero-order chi connectivity index (χ0) is 29.1. The lowest BCUT2D eigenvalue weighted by molar-refractivity contribution is -0.697. The molecule has 4 rings (SSSR count). The van der Waals surface area contributed by atoms with Crippen molar-refractivity contribution in [3.05, 3.63) is 37.2 Å². The number of rotatable bonds is 11. The fourth-order valence-corrected chi connectivity index (χ4v) is 9.09. The number of Topliss-reactive ketones (excluding diaryl/α,β-unsaturated/α-hetero) is 1. The monoisotopic (exact) mass is 697 g/mol. The van der Waals surface area contributed by atoms with Gasteiger partial charge in [-0.15, -0.1) is 18.3 Å². The molecule has 0 amide bonds. The molecule has 1 aromatic rings. The minimum Gasteiger partial charge on any atom is -1.00 e. The van der Waals surface area contributed by atoms with Crippen LogP contribution < -0.4 is 28.5 Å². The van der Waals surface area contributed by atoms with Crippen molar-refractivity contribution in [2.45, 2.75) is 122 Å². The third-order valence-electron chi connectivity index (χ3n) is 11.3. The summed E-state index contributed by atoms with van der Waals surface area (Å²) in [6.07, 6.45) is 15.0. The van der Waals surface area contributed by atoms with E-state index in [9.17, 15) is 14.7 Å². The minimum absolute atomic E-state index is 0. The molecule has 5 nitrogen and oxygen atoms in total. The van der Waals surface area contributed by atoms with Crippen molar-refractivity contribution < 1.29 is 48.0 Å². The van der Waals surface area contributed by atoms with E-state index in [1.54, 1.807) is 0 Å². The first-order valence-corrected chi connectivity index (χ1v) is 16.7. The summed E-state index contributed by atoms with van der Waals surface area (Å²) < 4.78 is 8.58. The zero-order valence-electron chi connectivity index (χ0n) is 25.9. The van der Waals surface area contributed by atoms with Gasteiger partial charge in [0.1, 0.15) is 18.4 Å². The van der Waals surface area contributed by atoms with Gasteiger partial charge in [-0.25, -0.2) is 4.57 Å². The smallest absolute Gasteiger partial charge is 0.316 e. The quantitative estimate of drug-likeness (QED) is 0.0949. The highest BCUT2D eigenvalue weighted by molar-refractivity contribution is 8.00. The molecule has 3 fully saturated rings. The van der Waals surface area contributed by atoms with E-state index < -0.39 is 23.0 Å². The largest absolute Gasteiger partial charge is 1.00 e. The third kappa shape index (κ3) is 6.77. The fourth-order valence-electron chi connectivity index (χ4n) is 8.42. The molecule has 1 N–H and O–H groups in total. The van der Waals surface area contributed by atoms with Crippen LogP contribution in [0.25, 0.3) is 0 Å². The minimum atomic E-state index is -0.644. The molecule has 0 aliphatic heterocycles. The molecule has 230 valence electrons. The Morgan fingerprint density at radius 3 is 2.51 bits per heavy atom. The van der Waals surface area contributed by atoms with E-state index in [0.717, 1.165) is 30.7 Å². The highest BCUT2D eigenvalue weighted by Gasteiger charge is 2.68. The van der Waals surface area contributed by atoms with Crippen molar-refractivity contribution in [2.24, 2.45) is 34.0 Å². The maximum absolute atomic E-state index is 13.5. The van der Waals surface area contributed by atoms with Crippen LogP contribution >= 0.6 is 11.8 Å². The van der Waals surface area contributed by atoms with Gasteiger partial charge in [0.05, 0.1) is 11.9 Å². The number of aliphatic hydroxyl groups excluding tert-OH is 1. The Morgan fingerprint density at radius 1 is 1.17 bits per heavy atom. The predicted octanol–water partition coefficient (Wildman–Crippen LogP) is 3.95. The van der Waals surface area contributed by atoms with Gasteiger partial charge in [-0.1, -0.05) is 60.0 Å². The predicted molar refractivity (Wildman–Crippen MR) is 161 cm³/mol. The van der Waals surface area contributed by atoms with E-state index in [2.05, 4.69) is 63.4 Å². The van der Waals surface area contributed by atoms with Crippen LogP contribution in [-0.4, -0.2) is 34.8 Å². The highest BCUT2D eigenvalue weighted by atomic mass is 127. The molecular weight excluding hydrogens is 645 g/mol. The van der Waals surface area contributed by atoms with E-state index >= 15 is 0 Å². The SMILES string of the molecule is C=C[C@]1(C)C[C@@H](OC(=O)CSc2cc[n+](CCCCCCC)cc2)[C@]2(C)[C@H](C)CC[C@]3(CCC(=O)[C@H]32)[C@@H](C)[C@@H]1O.[I-]. The second kappa shape index (κ2) is 14.2. The number of ether oxygens (including phenoxy) is 1. The number of carbonyl (C=O) groups excluding carboxylic acids is 2. The van der Waals surface area contributed by atoms with Crippen LogP contribution in [0.2, 0.25) is 0 Å². The molecule has 0 unspecified atom stereocenters. The summed E-state index contributed by atoms with van der Waals surface area (Å²) >= 11 is 1.49. The summed E-state index contributed by atoms with van der Waals surface area (Å²) in [7, 11) is 0. The molecule has 3 saturated carbocycles. The Balaban J connectivity index is 0.00000462. The Labute approximate surface area is 269 Å². The Morgan fingerprint density at radius 2 is 1.85 bits per heavy atom. The molecule has 3 aliphatic carbocycles. The normalized spacial score (nSPS) is 36.4. The van der Waals surface area contributed by atoms with Crippen molar-refractivity contribution in [1.82, 2.24) is 0 Å². The van der Waals surface area contributed by atoms with Gasteiger partial charge in [-0.05, 0) is 49.4 Å². The number of unbranched alkanes of at least 4 members (excludes halogenated alkanes) is 4. The van der Waals surface area contributed by atoms with E-state index in [4.69, 9.17) is 4.74 Å². The van der Waals surface area contributed by atoms with Gasteiger partial charge in [-0.2, -0.15) is 0 Å². The summed E-state index contributed by atoms with van der Waals surface area (Å²) in [5.41, 5.74) is -1.33. The molecule has 0 saturated heterocycles. The topological polar surface area (TPSA) is 67.5 Å². The number of ketones is 1. The maximum atomic E-state index is 13.5. The van der Waals surface area contributed by atoms with Gasteiger partial charge in [-0.3, -0.25) is 9.59 Å². The van der Waals surface area contributed by atoms with Crippen molar-refractivity contribution in [3.63, 3.8) is 0 Å². The lowest BCUT2D eigenvalue weighted by Gasteiger charge is -2.61. The van der Waals surface area contributed by atoms with Gasteiger partial charge in [0, 0.05) is 46.6 Å². The molecule has 1 aromatic heterocycles.